The first-order valence-corrected chi connectivity index (χ1v) is 11.8. The lowest BCUT2D eigenvalue weighted by atomic mass is 10.0. The van der Waals surface area contributed by atoms with Crippen molar-refractivity contribution in [3.8, 4) is 0 Å². The summed E-state index contributed by atoms with van der Waals surface area (Å²) < 4.78 is 13.5. The molecule has 3 aromatic carbocycles. The van der Waals surface area contributed by atoms with Gasteiger partial charge in [-0.25, -0.2) is 4.39 Å². The van der Waals surface area contributed by atoms with E-state index in [1.165, 1.54) is 12.1 Å². The van der Waals surface area contributed by atoms with Crippen molar-refractivity contribution in [2.75, 3.05) is 6.54 Å². The van der Waals surface area contributed by atoms with Crippen LogP contribution in [0.25, 0.3) is 10.8 Å². The van der Waals surface area contributed by atoms with Gasteiger partial charge in [0.05, 0.1) is 0 Å². The molecular formula is C28H25ClFN3O2. The van der Waals surface area contributed by atoms with Gasteiger partial charge in [-0.1, -0.05) is 41.9 Å². The molecule has 178 valence electrons. The number of carbonyl (C=O) groups is 2. The lowest BCUT2D eigenvalue weighted by Crippen LogP contribution is -2.48. The Labute approximate surface area is 208 Å². The van der Waals surface area contributed by atoms with Gasteiger partial charge in [0.15, 0.2) is 0 Å². The first-order chi connectivity index (χ1) is 17.0. The summed E-state index contributed by atoms with van der Waals surface area (Å²) in [5.41, 5.74) is 2.37. The average molecular weight is 490 g/mol. The van der Waals surface area contributed by atoms with Crippen molar-refractivity contribution < 1.29 is 14.0 Å². The van der Waals surface area contributed by atoms with Crippen LogP contribution in [0.4, 0.5) is 4.39 Å². The van der Waals surface area contributed by atoms with Gasteiger partial charge in [-0.2, -0.15) is 0 Å². The largest absolute Gasteiger partial charge is 0.354 e. The van der Waals surface area contributed by atoms with Gasteiger partial charge in [0, 0.05) is 35.9 Å². The normalized spacial score (nSPS) is 11.7. The number of halogens is 2. The van der Waals surface area contributed by atoms with Gasteiger partial charge in [-0.05, 0) is 77.2 Å². The van der Waals surface area contributed by atoms with E-state index in [9.17, 15) is 14.0 Å². The summed E-state index contributed by atoms with van der Waals surface area (Å²) in [6.07, 6.45) is 5.39. The zero-order valence-corrected chi connectivity index (χ0v) is 19.8. The van der Waals surface area contributed by atoms with Crippen LogP contribution < -0.4 is 10.6 Å². The standard InChI is InChI=1S/C28H25ClFN3O2/c29-24-10-5-19(6-11-24)15-26(28(35)32-14-2-4-20-3-1-13-31-18-20)33-27(34)23-8-7-22-17-25(30)12-9-21(22)16-23/h1,3,5-13,16-18,26H,2,4,14-15H2,(H,32,35)(H,33,34)/t26-/m0/s1. The molecule has 2 amide bonds. The van der Waals surface area contributed by atoms with E-state index in [0.717, 1.165) is 29.4 Å². The van der Waals surface area contributed by atoms with Gasteiger partial charge in [-0.15, -0.1) is 0 Å². The third-order valence-electron chi connectivity index (χ3n) is 5.70. The molecule has 0 saturated carbocycles. The fraction of sp³-hybridized carbons (Fsp3) is 0.179. The van der Waals surface area contributed by atoms with E-state index in [4.69, 9.17) is 11.6 Å². The molecule has 1 atom stereocenters. The van der Waals surface area contributed by atoms with Gasteiger partial charge in [0.1, 0.15) is 11.9 Å². The summed E-state index contributed by atoms with van der Waals surface area (Å²) in [4.78, 5) is 30.2. The second-order valence-corrected chi connectivity index (χ2v) is 8.76. The highest BCUT2D eigenvalue weighted by Crippen LogP contribution is 2.18. The Morgan fingerprint density at radius 2 is 1.71 bits per heavy atom. The molecule has 2 N–H and O–H groups in total. The summed E-state index contributed by atoms with van der Waals surface area (Å²) in [6.45, 7) is 0.474. The van der Waals surface area contributed by atoms with Crippen LogP contribution in [-0.4, -0.2) is 29.4 Å². The third kappa shape index (κ3) is 6.87. The average Bonchev–Trinajstić information content (AvgIpc) is 2.87. The minimum absolute atomic E-state index is 0.262. The highest BCUT2D eigenvalue weighted by atomic mass is 35.5. The molecule has 0 aliphatic heterocycles. The number of amides is 2. The molecule has 4 aromatic rings. The second kappa shape index (κ2) is 11.6. The van der Waals surface area contributed by atoms with Crippen molar-refractivity contribution in [3.05, 3.63) is 113 Å². The fourth-order valence-corrected chi connectivity index (χ4v) is 3.96. The highest BCUT2D eigenvalue weighted by Gasteiger charge is 2.22. The molecule has 0 bridgehead atoms. The minimum atomic E-state index is -0.772. The van der Waals surface area contributed by atoms with Crippen molar-refractivity contribution in [2.24, 2.45) is 0 Å². The predicted octanol–water partition coefficient (Wildman–Crippen LogP) is 5.12. The van der Waals surface area contributed by atoms with E-state index in [1.54, 1.807) is 42.6 Å². The van der Waals surface area contributed by atoms with E-state index in [1.807, 2.05) is 30.5 Å². The number of fused-ring (bicyclic) bond motifs is 1. The molecule has 35 heavy (non-hydrogen) atoms. The Balaban J connectivity index is 1.44. The lowest BCUT2D eigenvalue weighted by Gasteiger charge is -2.19. The number of aromatic nitrogens is 1. The molecule has 0 radical (unpaired) electrons. The molecule has 5 nitrogen and oxygen atoms in total. The molecule has 0 fully saturated rings. The zero-order valence-electron chi connectivity index (χ0n) is 19.0. The maximum Gasteiger partial charge on any atom is 0.251 e. The van der Waals surface area contributed by atoms with Crippen LogP contribution in [0.2, 0.25) is 5.02 Å². The Morgan fingerprint density at radius 3 is 2.49 bits per heavy atom. The van der Waals surface area contributed by atoms with E-state index in [-0.39, 0.29) is 17.6 Å². The van der Waals surface area contributed by atoms with Crippen LogP contribution in [-0.2, 0) is 17.6 Å². The second-order valence-electron chi connectivity index (χ2n) is 8.32. The van der Waals surface area contributed by atoms with Gasteiger partial charge in [0.2, 0.25) is 5.91 Å². The number of rotatable bonds is 9. The molecule has 0 aliphatic rings. The van der Waals surface area contributed by atoms with Crippen molar-refractivity contribution in [3.63, 3.8) is 0 Å². The van der Waals surface area contributed by atoms with Crippen LogP contribution in [0.1, 0.15) is 27.9 Å². The maximum atomic E-state index is 13.5. The maximum absolute atomic E-state index is 13.5. The molecule has 0 aliphatic carbocycles. The van der Waals surface area contributed by atoms with Crippen molar-refractivity contribution >= 4 is 34.2 Å². The predicted molar refractivity (Wildman–Crippen MR) is 136 cm³/mol. The SMILES string of the molecule is O=C(N[C@@H](Cc1ccc(Cl)cc1)C(=O)NCCCc1cccnc1)c1ccc2cc(F)ccc2c1. The molecule has 1 heterocycles. The molecule has 0 unspecified atom stereocenters. The van der Waals surface area contributed by atoms with Gasteiger partial charge in [-0.3, -0.25) is 14.6 Å². The summed E-state index contributed by atoms with van der Waals surface area (Å²) in [7, 11) is 0. The zero-order chi connectivity index (χ0) is 24.6. The Hall–Kier alpha value is -3.77. The Bertz CT molecular complexity index is 1310. The molecule has 0 spiro atoms. The van der Waals surface area contributed by atoms with E-state index in [2.05, 4.69) is 15.6 Å². The van der Waals surface area contributed by atoms with Crippen LogP contribution in [0.15, 0.2) is 85.2 Å². The van der Waals surface area contributed by atoms with E-state index < -0.39 is 6.04 Å². The number of carbonyl (C=O) groups excluding carboxylic acids is 2. The van der Waals surface area contributed by atoms with E-state index >= 15 is 0 Å². The van der Waals surface area contributed by atoms with Crippen LogP contribution in [0, 0.1) is 5.82 Å². The number of hydrogen-bond acceptors (Lipinski definition) is 3. The number of benzene rings is 3. The van der Waals surface area contributed by atoms with Crippen LogP contribution >= 0.6 is 11.6 Å². The molecule has 0 saturated heterocycles. The number of aryl methyl sites for hydroxylation is 1. The quantitative estimate of drug-likeness (QED) is 0.321. The Kier molecular flexibility index (Phi) is 8.06. The number of nitrogens with zero attached hydrogens (tertiary/aromatic N) is 1. The Morgan fingerprint density at radius 1 is 0.943 bits per heavy atom. The first-order valence-electron chi connectivity index (χ1n) is 11.4. The number of nitrogens with one attached hydrogen (secondary N) is 2. The van der Waals surface area contributed by atoms with Gasteiger partial charge in [0.25, 0.3) is 5.91 Å². The fourth-order valence-electron chi connectivity index (χ4n) is 3.84. The summed E-state index contributed by atoms with van der Waals surface area (Å²) in [5, 5.41) is 7.84. The topological polar surface area (TPSA) is 71.1 Å². The lowest BCUT2D eigenvalue weighted by molar-refractivity contribution is -0.122. The van der Waals surface area contributed by atoms with Gasteiger partial charge >= 0.3 is 0 Å². The summed E-state index contributed by atoms with van der Waals surface area (Å²) >= 11 is 5.99. The van der Waals surface area contributed by atoms with Crippen LogP contribution in [0.3, 0.4) is 0 Å². The van der Waals surface area contributed by atoms with E-state index in [0.29, 0.717) is 28.9 Å². The first kappa shape index (κ1) is 24.4. The molecule has 4 rings (SSSR count). The highest BCUT2D eigenvalue weighted by molar-refractivity contribution is 6.30. The summed E-state index contributed by atoms with van der Waals surface area (Å²) in [5.74, 6) is -0.971. The van der Waals surface area contributed by atoms with Crippen molar-refractivity contribution in [1.82, 2.24) is 15.6 Å². The number of pyridine rings is 1. The third-order valence-corrected chi connectivity index (χ3v) is 5.96. The number of hydrogen-bond donors (Lipinski definition) is 2. The van der Waals surface area contributed by atoms with Crippen molar-refractivity contribution in [1.29, 1.82) is 0 Å². The molecule has 7 heteroatoms. The molecule has 1 aromatic heterocycles. The van der Waals surface area contributed by atoms with Gasteiger partial charge < -0.3 is 10.6 Å². The molecular weight excluding hydrogens is 465 g/mol. The smallest absolute Gasteiger partial charge is 0.251 e. The van der Waals surface area contributed by atoms with Crippen LogP contribution in [0.5, 0.6) is 0 Å². The monoisotopic (exact) mass is 489 g/mol. The summed E-state index contributed by atoms with van der Waals surface area (Å²) in [6, 6.07) is 19.7. The van der Waals surface area contributed by atoms with Crippen molar-refractivity contribution in [2.45, 2.75) is 25.3 Å². The minimum Gasteiger partial charge on any atom is -0.354 e.